The number of hydrogen-bond donors (Lipinski definition) is 7. The molecule has 1 fully saturated rings. The Labute approximate surface area is 253 Å². The Morgan fingerprint density at radius 2 is 2.00 bits per heavy atom. The molecule has 42 heavy (non-hydrogen) atoms. The molecule has 10 nitrogen and oxygen atoms in total. The van der Waals surface area contributed by atoms with E-state index < -0.39 is 35.1 Å². The predicted octanol–water partition coefficient (Wildman–Crippen LogP) is 3.51. The highest BCUT2D eigenvalue weighted by atomic mass is 32.1. The Balaban J connectivity index is 1.40. The van der Waals surface area contributed by atoms with Crippen LogP contribution < -0.4 is 20.7 Å². The minimum atomic E-state index is -1.83. The topological polar surface area (TPSA) is 149 Å². The fraction of sp³-hybridized carbons (Fsp3) is 0.433. The zero-order valence-corrected chi connectivity index (χ0v) is 25.5. The molecule has 1 aliphatic rings. The number of amides is 2. The van der Waals surface area contributed by atoms with Crippen LogP contribution in [-0.4, -0.2) is 64.0 Å². The number of carbonyl (C=O) groups excluding carboxylic acids is 2. The molecular weight excluding hydrogens is 574 g/mol. The first-order valence-electron chi connectivity index (χ1n) is 14.1. The lowest BCUT2D eigenvalue weighted by Crippen LogP contribution is -2.55. The van der Waals surface area contributed by atoms with Gasteiger partial charge in [0.2, 0.25) is 5.91 Å². The number of methoxy groups -OCH3 is 1. The van der Waals surface area contributed by atoms with Gasteiger partial charge in [-0.2, -0.15) is 0 Å². The zero-order valence-electron chi connectivity index (χ0n) is 23.8. The fourth-order valence-electron chi connectivity index (χ4n) is 5.43. The molecule has 4 aromatic rings. The van der Waals surface area contributed by atoms with E-state index in [0.29, 0.717) is 35.8 Å². The highest BCUT2D eigenvalue weighted by molar-refractivity contribution is 7.81. The highest BCUT2D eigenvalue weighted by Gasteiger charge is 2.43. The summed E-state index contributed by atoms with van der Waals surface area (Å²) in [6, 6.07) is 12.9. The lowest BCUT2D eigenvalue weighted by molar-refractivity contribution is -0.125. The molecular formula is C30H37N5O5S2. The number of carbonyl (C=O) groups is 2. The van der Waals surface area contributed by atoms with Crippen LogP contribution in [0.2, 0.25) is 0 Å². The Morgan fingerprint density at radius 1 is 1.21 bits per heavy atom. The first-order chi connectivity index (χ1) is 20.1. The molecule has 1 aliphatic heterocycles. The second-order valence-electron chi connectivity index (χ2n) is 11.2. The van der Waals surface area contributed by atoms with Gasteiger partial charge in [0.05, 0.1) is 23.4 Å². The normalized spacial score (nSPS) is 20.0. The Bertz CT molecular complexity index is 1540. The standard InChI is InChI=1S/C30H37N5O5S2/c1-16(2)13-21(33-27(37)22-15-18-19(32-22)8-6-9-23(18)40-3)28(38)35-25(14-17-11-12-31-26(17)36)30(39,41)29-34-20-7-4-5-10-24(20)42-29/h4-10,15-17,21,25-26,31-32,36,39,41H,11-14H2,1-3H3,(H,33,37)(H,35,38)/t17-,21-,25-,26+,30+/m0/s1. The molecule has 0 spiro atoms. The number of aliphatic hydroxyl groups excluding tert-OH is 1. The van der Waals surface area contributed by atoms with Crippen molar-refractivity contribution < 1.29 is 24.5 Å². The summed E-state index contributed by atoms with van der Waals surface area (Å²) in [5.74, 6) is -0.392. The van der Waals surface area contributed by atoms with Crippen LogP contribution in [0.3, 0.4) is 0 Å². The van der Waals surface area contributed by atoms with E-state index in [-0.39, 0.29) is 18.3 Å². The Hall–Kier alpha value is -3.16. The first-order valence-corrected chi connectivity index (χ1v) is 15.3. The minimum Gasteiger partial charge on any atom is -0.496 e. The van der Waals surface area contributed by atoms with Crippen molar-refractivity contribution in [3.8, 4) is 5.75 Å². The van der Waals surface area contributed by atoms with Crippen molar-refractivity contribution in [3.63, 3.8) is 0 Å². The summed E-state index contributed by atoms with van der Waals surface area (Å²) in [6.45, 7) is 4.56. The van der Waals surface area contributed by atoms with E-state index in [9.17, 15) is 19.8 Å². The van der Waals surface area contributed by atoms with Gasteiger partial charge in [-0.3, -0.25) is 14.9 Å². The second kappa shape index (κ2) is 12.6. The zero-order chi connectivity index (χ0) is 30.0. The molecule has 5 atom stereocenters. The summed E-state index contributed by atoms with van der Waals surface area (Å²) in [6.07, 6.45) is 0.523. The van der Waals surface area contributed by atoms with E-state index in [4.69, 9.17) is 4.74 Å². The average Bonchev–Trinajstić information content (AvgIpc) is 3.70. The van der Waals surface area contributed by atoms with E-state index >= 15 is 0 Å². The third-order valence-electron chi connectivity index (χ3n) is 7.68. The number of aromatic nitrogens is 2. The molecule has 0 saturated carbocycles. The minimum absolute atomic E-state index is 0.0855. The van der Waals surface area contributed by atoms with Crippen molar-refractivity contribution in [2.24, 2.45) is 11.8 Å². The van der Waals surface area contributed by atoms with E-state index in [0.717, 1.165) is 21.1 Å². The smallest absolute Gasteiger partial charge is 0.268 e. The summed E-state index contributed by atoms with van der Waals surface area (Å²) in [5.41, 5.74) is 1.76. The summed E-state index contributed by atoms with van der Waals surface area (Å²) >= 11 is 5.95. The number of para-hydroxylation sites is 1. The van der Waals surface area contributed by atoms with E-state index in [2.05, 4.69) is 38.5 Å². The fourth-order valence-corrected chi connectivity index (χ4v) is 6.80. The largest absolute Gasteiger partial charge is 0.496 e. The lowest BCUT2D eigenvalue weighted by Gasteiger charge is -2.34. The number of aromatic amines is 1. The van der Waals surface area contributed by atoms with Crippen molar-refractivity contribution in [2.45, 2.75) is 56.4 Å². The number of nitrogens with zero attached hydrogens (tertiary/aromatic N) is 1. The molecule has 2 aromatic heterocycles. The third kappa shape index (κ3) is 6.42. The van der Waals surface area contributed by atoms with Gasteiger partial charge in [0.1, 0.15) is 28.7 Å². The second-order valence-corrected chi connectivity index (χ2v) is 12.9. The van der Waals surface area contributed by atoms with Gasteiger partial charge in [0.15, 0.2) is 4.93 Å². The number of rotatable bonds is 11. The van der Waals surface area contributed by atoms with Gasteiger partial charge in [-0.25, -0.2) is 4.98 Å². The molecule has 0 bridgehead atoms. The van der Waals surface area contributed by atoms with Crippen LogP contribution >= 0.6 is 24.0 Å². The summed E-state index contributed by atoms with van der Waals surface area (Å²) in [4.78, 5) is 33.1. The van der Waals surface area contributed by atoms with Crippen molar-refractivity contribution in [2.75, 3.05) is 13.7 Å². The number of ether oxygens (including phenoxy) is 1. The van der Waals surface area contributed by atoms with E-state index in [1.54, 1.807) is 13.2 Å². The van der Waals surface area contributed by atoms with Gasteiger partial charge in [-0.1, -0.05) is 32.0 Å². The molecule has 2 aromatic carbocycles. The van der Waals surface area contributed by atoms with Crippen LogP contribution in [0, 0.1) is 11.8 Å². The van der Waals surface area contributed by atoms with E-state index in [1.165, 1.54) is 11.3 Å². The van der Waals surface area contributed by atoms with Gasteiger partial charge in [-0.15, -0.1) is 24.0 Å². The Kier molecular flexibility index (Phi) is 9.09. The van der Waals surface area contributed by atoms with Gasteiger partial charge < -0.3 is 30.6 Å². The van der Waals surface area contributed by atoms with Crippen LogP contribution in [0.4, 0.5) is 0 Å². The van der Waals surface area contributed by atoms with Crippen LogP contribution in [0.1, 0.15) is 48.6 Å². The molecule has 12 heteroatoms. The third-order valence-corrected chi connectivity index (χ3v) is 9.52. The molecule has 6 N–H and O–H groups in total. The van der Waals surface area contributed by atoms with Crippen molar-refractivity contribution in [1.82, 2.24) is 25.9 Å². The maximum Gasteiger partial charge on any atom is 0.268 e. The van der Waals surface area contributed by atoms with Crippen LogP contribution in [0.25, 0.3) is 21.1 Å². The van der Waals surface area contributed by atoms with Gasteiger partial charge >= 0.3 is 0 Å². The molecule has 0 radical (unpaired) electrons. The molecule has 5 rings (SSSR count). The van der Waals surface area contributed by atoms with E-state index in [1.807, 2.05) is 56.3 Å². The SMILES string of the molecule is COc1cccc2[nH]c(C(=O)N[C@@H](CC(C)C)C(=O)N[C@@H](C[C@@H]3CCN[C@@H]3O)[C@@](O)(S)c3nc4ccccc4s3)cc12. The summed E-state index contributed by atoms with van der Waals surface area (Å²) < 4.78 is 6.29. The van der Waals surface area contributed by atoms with Gasteiger partial charge in [0.25, 0.3) is 5.91 Å². The van der Waals surface area contributed by atoms with Crippen LogP contribution in [0.15, 0.2) is 48.5 Å². The first kappa shape index (κ1) is 30.3. The Morgan fingerprint density at radius 3 is 2.69 bits per heavy atom. The number of fused-ring (bicyclic) bond motifs is 2. The van der Waals surface area contributed by atoms with Crippen LogP contribution in [0.5, 0.6) is 5.75 Å². The van der Waals surface area contributed by atoms with Crippen molar-refractivity contribution in [1.29, 1.82) is 0 Å². The number of nitrogens with one attached hydrogen (secondary N) is 4. The predicted molar refractivity (Wildman–Crippen MR) is 167 cm³/mol. The molecule has 224 valence electrons. The highest BCUT2D eigenvalue weighted by Crippen LogP contribution is 2.38. The maximum absolute atomic E-state index is 13.8. The average molecular weight is 612 g/mol. The maximum atomic E-state index is 13.8. The summed E-state index contributed by atoms with van der Waals surface area (Å²) in [5, 5.41) is 32.2. The number of hydrogen-bond acceptors (Lipinski definition) is 9. The monoisotopic (exact) mass is 611 g/mol. The molecule has 0 aliphatic carbocycles. The molecule has 0 unspecified atom stereocenters. The number of H-pyrrole nitrogens is 1. The van der Waals surface area contributed by atoms with Crippen LogP contribution in [-0.2, 0) is 9.73 Å². The lowest BCUT2D eigenvalue weighted by atomic mass is 9.93. The summed E-state index contributed by atoms with van der Waals surface area (Å²) in [7, 11) is 1.57. The number of aliphatic hydroxyl groups is 2. The number of benzene rings is 2. The van der Waals surface area contributed by atoms with Crippen molar-refractivity contribution in [3.05, 3.63) is 59.2 Å². The molecule has 3 heterocycles. The molecule has 2 amide bonds. The number of thiazole rings is 1. The number of thiol groups is 1. The van der Waals surface area contributed by atoms with Crippen molar-refractivity contribution >= 4 is 56.9 Å². The quantitative estimate of drug-likeness (QED) is 0.101. The molecule has 1 saturated heterocycles. The van der Waals surface area contributed by atoms with Gasteiger partial charge in [0, 0.05) is 16.8 Å². The van der Waals surface area contributed by atoms with Gasteiger partial charge in [-0.05, 0) is 62.1 Å².